The Morgan fingerprint density at radius 1 is 0.909 bits per heavy atom. The fourth-order valence-electron chi connectivity index (χ4n) is 3.11. The molecule has 9 heteroatoms. The molecule has 0 atom stereocenters. The van der Waals surface area contributed by atoms with Crippen molar-refractivity contribution in [2.45, 2.75) is 6.92 Å². The van der Waals surface area contributed by atoms with Gasteiger partial charge >= 0.3 is 5.97 Å². The van der Waals surface area contributed by atoms with Crippen LogP contribution in [0.15, 0.2) is 66.7 Å². The van der Waals surface area contributed by atoms with Crippen LogP contribution in [0, 0.1) is 6.92 Å². The molecule has 166 valence electrons. The molecule has 0 bridgehead atoms. The SMILES string of the molecule is Cc1ccc(Cl)cc1-n1nc(C(=O)OCC(=O)c2ccc(Cl)cc2)nc1-c1cccc(Cl)c1. The van der Waals surface area contributed by atoms with Crippen molar-refractivity contribution in [2.75, 3.05) is 6.61 Å². The summed E-state index contributed by atoms with van der Waals surface area (Å²) in [5.74, 6) is -1.04. The maximum atomic E-state index is 12.7. The molecule has 0 saturated heterocycles. The molecule has 0 fully saturated rings. The van der Waals surface area contributed by atoms with Crippen LogP contribution >= 0.6 is 34.8 Å². The number of esters is 1. The van der Waals surface area contributed by atoms with E-state index in [-0.39, 0.29) is 11.6 Å². The maximum Gasteiger partial charge on any atom is 0.378 e. The van der Waals surface area contributed by atoms with E-state index in [9.17, 15) is 9.59 Å². The molecular weight excluding hydrogens is 485 g/mol. The van der Waals surface area contributed by atoms with Crippen LogP contribution in [0.1, 0.15) is 26.5 Å². The van der Waals surface area contributed by atoms with Gasteiger partial charge in [-0.05, 0) is 61.0 Å². The number of carbonyl (C=O) groups excluding carboxylic acids is 2. The molecule has 3 aromatic carbocycles. The van der Waals surface area contributed by atoms with Gasteiger partial charge in [-0.3, -0.25) is 4.79 Å². The molecule has 0 aliphatic carbocycles. The number of Topliss-reactive ketones (excluding diaryl/α,β-unsaturated/α-hetero) is 1. The zero-order chi connectivity index (χ0) is 23.5. The quantitative estimate of drug-likeness (QED) is 0.231. The Morgan fingerprint density at radius 3 is 2.33 bits per heavy atom. The van der Waals surface area contributed by atoms with E-state index in [4.69, 9.17) is 39.5 Å². The highest BCUT2D eigenvalue weighted by molar-refractivity contribution is 6.31. The third kappa shape index (κ3) is 5.25. The van der Waals surface area contributed by atoms with E-state index in [1.165, 1.54) is 4.68 Å². The lowest BCUT2D eigenvalue weighted by molar-refractivity contribution is 0.0462. The fourth-order valence-corrected chi connectivity index (χ4v) is 3.59. The van der Waals surface area contributed by atoms with Crippen LogP contribution < -0.4 is 0 Å². The van der Waals surface area contributed by atoms with E-state index in [0.29, 0.717) is 37.7 Å². The van der Waals surface area contributed by atoms with E-state index >= 15 is 0 Å². The molecule has 6 nitrogen and oxygen atoms in total. The summed E-state index contributed by atoms with van der Waals surface area (Å²) in [4.78, 5) is 29.4. The van der Waals surface area contributed by atoms with Gasteiger partial charge in [-0.1, -0.05) is 53.0 Å². The smallest absolute Gasteiger partial charge is 0.378 e. The van der Waals surface area contributed by atoms with Crippen molar-refractivity contribution in [1.82, 2.24) is 14.8 Å². The summed E-state index contributed by atoms with van der Waals surface area (Å²) in [6.07, 6.45) is 0. The second-order valence-corrected chi connectivity index (χ2v) is 8.43. The van der Waals surface area contributed by atoms with E-state index in [1.807, 2.05) is 13.0 Å². The number of hydrogen-bond acceptors (Lipinski definition) is 5. The second-order valence-electron chi connectivity index (χ2n) is 7.12. The number of halogens is 3. The Morgan fingerprint density at radius 2 is 1.61 bits per heavy atom. The van der Waals surface area contributed by atoms with E-state index < -0.39 is 12.6 Å². The van der Waals surface area contributed by atoms with Crippen molar-refractivity contribution in [3.05, 3.63) is 98.7 Å². The lowest BCUT2D eigenvalue weighted by atomic mass is 10.1. The lowest BCUT2D eigenvalue weighted by Crippen LogP contribution is -2.15. The third-order valence-corrected chi connectivity index (χ3v) is 5.49. The summed E-state index contributed by atoms with van der Waals surface area (Å²) < 4.78 is 6.68. The number of hydrogen-bond donors (Lipinski definition) is 0. The zero-order valence-corrected chi connectivity index (χ0v) is 19.5. The maximum absolute atomic E-state index is 12.7. The highest BCUT2D eigenvalue weighted by Crippen LogP contribution is 2.27. The summed E-state index contributed by atoms with van der Waals surface area (Å²) in [5.41, 5.74) is 2.53. The molecule has 1 heterocycles. The van der Waals surface area contributed by atoms with E-state index in [0.717, 1.165) is 5.56 Å². The number of aryl methyl sites for hydroxylation is 1. The van der Waals surface area contributed by atoms with Crippen LogP contribution in [0.3, 0.4) is 0 Å². The average Bonchev–Trinajstić information content (AvgIpc) is 3.25. The van der Waals surface area contributed by atoms with Gasteiger partial charge in [0.2, 0.25) is 0 Å². The van der Waals surface area contributed by atoms with Gasteiger partial charge in [-0.2, -0.15) is 0 Å². The monoisotopic (exact) mass is 499 g/mol. The first-order valence-electron chi connectivity index (χ1n) is 9.77. The van der Waals surface area contributed by atoms with Crippen LogP contribution in [0.2, 0.25) is 15.1 Å². The molecular formula is C24H16Cl3N3O3. The van der Waals surface area contributed by atoms with Crippen LogP contribution in [-0.2, 0) is 4.74 Å². The first kappa shape index (κ1) is 23.0. The van der Waals surface area contributed by atoms with Crippen LogP contribution in [0.5, 0.6) is 0 Å². The van der Waals surface area contributed by atoms with Crippen molar-refractivity contribution in [1.29, 1.82) is 0 Å². The summed E-state index contributed by atoms with van der Waals surface area (Å²) in [6, 6.07) is 18.6. The Bertz CT molecular complexity index is 1350. The molecule has 0 N–H and O–H groups in total. The number of aromatic nitrogens is 3. The molecule has 4 rings (SSSR count). The van der Waals surface area contributed by atoms with Crippen LogP contribution in [0.4, 0.5) is 0 Å². The first-order valence-corrected chi connectivity index (χ1v) is 10.9. The van der Waals surface area contributed by atoms with Crippen molar-refractivity contribution >= 4 is 46.6 Å². The van der Waals surface area contributed by atoms with E-state index in [1.54, 1.807) is 60.7 Å². The van der Waals surface area contributed by atoms with Gasteiger partial charge in [0.25, 0.3) is 5.82 Å². The molecule has 0 aliphatic heterocycles. The number of benzene rings is 3. The van der Waals surface area contributed by atoms with Crippen molar-refractivity contribution in [3.63, 3.8) is 0 Å². The largest absolute Gasteiger partial charge is 0.451 e. The molecule has 0 unspecified atom stereocenters. The molecule has 0 saturated carbocycles. The van der Waals surface area contributed by atoms with Crippen molar-refractivity contribution < 1.29 is 14.3 Å². The Balaban J connectivity index is 1.66. The molecule has 0 radical (unpaired) electrons. The van der Waals surface area contributed by atoms with Gasteiger partial charge in [0.15, 0.2) is 18.2 Å². The predicted molar refractivity (Wildman–Crippen MR) is 128 cm³/mol. The minimum atomic E-state index is -0.834. The molecule has 4 aromatic rings. The fraction of sp³-hybridized carbons (Fsp3) is 0.0833. The lowest BCUT2D eigenvalue weighted by Gasteiger charge is -2.09. The number of carbonyl (C=O) groups is 2. The number of rotatable bonds is 6. The number of nitrogens with zero attached hydrogens (tertiary/aromatic N) is 3. The third-order valence-electron chi connectivity index (χ3n) is 4.77. The zero-order valence-electron chi connectivity index (χ0n) is 17.3. The van der Waals surface area contributed by atoms with Gasteiger partial charge in [-0.15, -0.1) is 5.10 Å². The Labute approximate surface area is 204 Å². The minimum Gasteiger partial charge on any atom is -0.451 e. The van der Waals surface area contributed by atoms with Crippen molar-refractivity contribution in [2.24, 2.45) is 0 Å². The van der Waals surface area contributed by atoms with Gasteiger partial charge in [-0.25, -0.2) is 14.5 Å². The second kappa shape index (κ2) is 9.75. The highest BCUT2D eigenvalue weighted by atomic mass is 35.5. The normalized spacial score (nSPS) is 10.8. The Hall–Kier alpha value is -3.19. The topological polar surface area (TPSA) is 74.1 Å². The summed E-state index contributed by atoms with van der Waals surface area (Å²) in [6.45, 7) is 1.43. The number of ether oxygens (including phenoxy) is 1. The summed E-state index contributed by atoms with van der Waals surface area (Å²) >= 11 is 18.2. The minimum absolute atomic E-state index is 0.201. The highest BCUT2D eigenvalue weighted by Gasteiger charge is 2.22. The van der Waals surface area contributed by atoms with Crippen LogP contribution in [-0.4, -0.2) is 33.1 Å². The van der Waals surface area contributed by atoms with Gasteiger partial charge in [0.05, 0.1) is 5.69 Å². The molecule has 1 aromatic heterocycles. The van der Waals surface area contributed by atoms with Gasteiger partial charge < -0.3 is 4.74 Å². The molecule has 0 spiro atoms. The molecule has 0 amide bonds. The van der Waals surface area contributed by atoms with E-state index in [2.05, 4.69) is 10.1 Å². The first-order chi connectivity index (χ1) is 15.8. The summed E-state index contributed by atoms with van der Waals surface area (Å²) in [7, 11) is 0. The molecule has 33 heavy (non-hydrogen) atoms. The van der Waals surface area contributed by atoms with Gasteiger partial charge in [0.1, 0.15) is 0 Å². The van der Waals surface area contributed by atoms with Crippen molar-refractivity contribution in [3.8, 4) is 17.1 Å². The Kier molecular flexibility index (Phi) is 6.79. The van der Waals surface area contributed by atoms with Crippen LogP contribution in [0.25, 0.3) is 17.1 Å². The summed E-state index contributed by atoms with van der Waals surface area (Å²) in [5, 5.41) is 5.86. The number of ketones is 1. The molecule has 0 aliphatic rings. The van der Waals surface area contributed by atoms with Gasteiger partial charge in [0, 0.05) is 26.2 Å². The predicted octanol–water partition coefficient (Wildman–Crippen LogP) is 6.24. The standard InChI is InChI=1S/C24H16Cl3N3O3/c1-14-5-8-19(27)12-20(14)30-23(16-3-2-4-18(26)11-16)28-22(29-30)24(32)33-13-21(31)15-6-9-17(25)10-7-15/h2-12H,13H2,1H3. The average molecular weight is 501 g/mol.